The first-order chi connectivity index (χ1) is 8.01. The van der Waals surface area contributed by atoms with Gasteiger partial charge in [0.05, 0.1) is 7.11 Å². The highest BCUT2D eigenvalue weighted by Crippen LogP contribution is 2.18. The largest absolute Gasteiger partial charge is 0.466 e. The van der Waals surface area contributed by atoms with Crippen LogP contribution in [0.15, 0.2) is 36.0 Å². The summed E-state index contributed by atoms with van der Waals surface area (Å²) in [5.41, 5.74) is 1.28. The Morgan fingerprint density at radius 3 is 2.47 bits per heavy atom. The molecule has 17 heavy (non-hydrogen) atoms. The molecular weight excluding hydrogens is 212 g/mol. The molecule has 0 aromatic carbocycles. The summed E-state index contributed by atoms with van der Waals surface area (Å²) in [6.45, 7) is 8.51. The third-order valence-corrected chi connectivity index (χ3v) is 2.82. The monoisotopic (exact) mass is 236 g/mol. The lowest BCUT2D eigenvalue weighted by atomic mass is 9.91. The van der Waals surface area contributed by atoms with Crippen molar-refractivity contribution in [3.8, 4) is 0 Å². The number of rotatable bonds is 6. The Labute approximate surface area is 105 Å². The first-order valence-corrected chi connectivity index (χ1v) is 6.06. The van der Waals surface area contributed by atoms with E-state index in [0.29, 0.717) is 11.8 Å². The molecule has 0 aliphatic heterocycles. The van der Waals surface area contributed by atoms with Crippen molar-refractivity contribution in [1.82, 2.24) is 0 Å². The molecule has 2 nitrogen and oxygen atoms in total. The molecule has 2 heteroatoms. The summed E-state index contributed by atoms with van der Waals surface area (Å²) in [5.74, 6) is 0.718. The van der Waals surface area contributed by atoms with Gasteiger partial charge in [0.2, 0.25) is 0 Å². The summed E-state index contributed by atoms with van der Waals surface area (Å²) in [5, 5.41) is 0. The van der Waals surface area contributed by atoms with Crippen LogP contribution in [-0.4, -0.2) is 13.1 Å². The lowest BCUT2D eigenvalue weighted by Crippen LogP contribution is -2.05. The maximum Gasteiger partial charge on any atom is 0.330 e. The number of hydrogen-bond acceptors (Lipinski definition) is 2. The van der Waals surface area contributed by atoms with E-state index in [1.165, 1.54) is 18.8 Å². The average molecular weight is 236 g/mol. The van der Waals surface area contributed by atoms with Crippen LogP contribution < -0.4 is 0 Å². The van der Waals surface area contributed by atoms with E-state index in [4.69, 9.17) is 0 Å². The van der Waals surface area contributed by atoms with Crippen LogP contribution in [0.2, 0.25) is 0 Å². The van der Waals surface area contributed by atoms with Crippen molar-refractivity contribution in [3.05, 3.63) is 36.0 Å². The molecule has 0 bridgehead atoms. The van der Waals surface area contributed by atoms with E-state index < -0.39 is 0 Å². The van der Waals surface area contributed by atoms with E-state index in [2.05, 4.69) is 37.7 Å². The van der Waals surface area contributed by atoms with E-state index in [9.17, 15) is 4.79 Å². The van der Waals surface area contributed by atoms with Crippen molar-refractivity contribution in [2.75, 3.05) is 7.11 Å². The van der Waals surface area contributed by atoms with Gasteiger partial charge in [0.25, 0.3) is 0 Å². The molecule has 0 spiro atoms. The molecule has 96 valence electrons. The molecule has 2 unspecified atom stereocenters. The predicted molar refractivity (Wildman–Crippen MR) is 72.7 cm³/mol. The molecule has 0 saturated carbocycles. The summed E-state index contributed by atoms with van der Waals surface area (Å²) >= 11 is 0. The van der Waals surface area contributed by atoms with Gasteiger partial charge in [-0.3, -0.25) is 0 Å². The van der Waals surface area contributed by atoms with Gasteiger partial charge in [-0.15, -0.1) is 0 Å². The first kappa shape index (κ1) is 15.7. The van der Waals surface area contributed by atoms with Gasteiger partial charge in [0.1, 0.15) is 0 Å². The number of allylic oxidation sites excluding steroid dienone is 5. The van der Waals surface area contributed by atoms with Crippen molar-refractivity contribution in [2.24, 2.45) is 11.8 Å². The highest BCUT2D eigenvalue weighted by molar-refractivity contribution is 5.81. The zero-order valence-corrected chi connectivity index (χ0v) is 11.6. The normalized spacial score (nSPS) is 16.4. The molecule has 0 aromatic heterocycles. The van der Waals surface area contributed by atoms with Crippen molar-refractivity contribution in [1.29, 1.82) is 0 Å². The number of carbonyl (C=O) groups excluding carboxylic acids is 1. The molecule has 0 aliphatic carbocycles. The second-order valence-corrected chi connectivity index (χ2v) is 4.41. The van der Waals surface area contributed by atoms with Crippen LogP contribution in [0.3, 0.4) is 0 Å². The van der Waals surface area contributed by atoms with Gasteiger partial charge in [-0.05, 0) is 32.1 Å². The van der Waals surface area contributed by atoms with E-state index in [1.807, 2.05) is 19.1 Å². The third-order valence-electron chi connectivity index (χ3n) is 2.82. The van der Waals surface area contributed by atoms with Gasteiger partial charge in [0, 0.05) is 6.08 Å². The number of carbonyl (C=O) groups is 1. The number of ether oxygens (including phenoxy) is 1. The molecule has 0 aliphatic rings. The molecule has 0 heterocycles. The molecule has 0 amide bonds. The van der Waals surface area contributed by atoms with E-state index in [1.54, 1.807) is 0 Å². The summed E-state index contributed by atoms with van der Waals surface area (Å²) in [7, 11) is 1.39. The Balaban J connectivity index is 4.23. The van der Waals surface area contributed by atoms with Crippen LogP contribution in [0.4, 0.5) is 0 Å². The molecule has 0 fully saturated rings. The fourth-order valence-corrected chi connectivity index (χ4v) is 1.56. The van der Waals surface area contributed by atoms with Crippen LogP contribution in [-0.2, 0) is 9.53 Å². The molecular formula is C15H24O2. The third kappa shape index (κ3) is 7.56. The lowest BCUT2D eigenvalue weighted by Gasteiger charge is -2.15. The fraction of sp³-hybridized carbons (Fsp3) is 0.533. The van der Waals surface area contributed by atoms with Crippen LogP contribution in [0.1, 0.15) is 34.1 Å². The topological polar surface area (TPSA) is 26.3 Å². The highest BCUT2D eigenvalue weighted by atomic mass is 16.5. The van der Waals surface area contributed by atoms with Gasteiger partial charge in [-0.1, -0.05) is 43.7 Å². The summed E-state index contributed by atoms with van der Waals surface area (Å²) in [6.07, 6.45) is 10.7. The maximum atomic E-state index is 10.9. The number of hydrogen-bond donors (Lipinski definition) is 0. The second-order valence-electron chi connectivity index (χ2n) is 4.41. The van der Waals surface area contributed by atoms with E-state index >= 15 is 0 Å². The van der Waals surface area contributed by atoms with Crippen LogP contribution in [0, 0.1) is 11.8 Å². The van der Waals surface area contributed by atoms with Crippen LogP contribution in [0.5, 0.6) is 0 Å². The first-order valence-electron chi connectivity index (χ1n) is 6.06. The zero-order chi connectivity index (χ0) is 13.3. The van der Waals surface area contributed by atoms with E-state index in [-0.39, 0.29) is 5.97 Å². The Kier molecular flexibility index (Phi) is 8.12. The lowest BCUT2D eigenvalue weighted by molar-refractivity contribution is -0.134. The molecule has 0 radical (unpaired) electrons. The number of esters is 1. The molecule has 0 N–H and O–H groups in total. The van der Waals surface area contributed by atoms with Gasteiger partial charge in [0.15, 0.2) is 0 Å². The van der Waals surface area contributed by atoms with Gasteiger partial charge < -0.3 is 4.74 Å². The predicted octanol–water partition coefficient (Wildman–Crippen LogP) is 3.90. The maximum absolute atomic E-state index is 10.9. The molecule has 2 atom stereocenters. The quantitative estimate of drug-likeness (QED) is 0.397. The summed E-state index contributed by atoms with van der Waals surface area (Å²) in [4.78, 5) is 10.9. The van der Waals surface area contributed by atoms with Crippen LogP contribution >= 0.6 is 0 Å². The van der Waals surface area contributed by atoms with E-state index in [0.717, 1.165) is 6.42 Å². The SMILES string of the molecule is CC=CC(C)=CC(C)C(C)CC=CC(=O)OC. The number of methoxy groups -OCH3 is 1. The minimum Gasteiger partial charge on any atom is -0.466 e. The van der Waals surface area contributed by atoms with Gasteiger partial charge >= 0.3 is 5.97 Å². The van der Waals surface area contributed by atoms with Gasteiger partial charge in [-0.25, -0.2) is 4.79 Å². The summed E-state index contributed by atoms with van der Waals surface area (Å²) in [6, 6.07) is 0. The molecule has 0 aromatic rings. The Hall–Kier alpha value is -1.31. The summed E-state index contributed by atoms with van der Waals surface area (Å²) < 4.78 is 4.54. The Morgan fingerprint density at radius 1 is 1.29 bits per heavy atom. The van der Waals surface area contributed by atoms with Crippen molar-refractivity contribution in [2.45, 2.75) is 34.1 Å². The van der Waals surface area contributed by atoms with Crippen molar-refractivity contribution < 1.29 is 9.53 Å². The standard InChI is InChI=1S/C15H24O2/c1-6-8-12(2)11-14(4)13(3)9-7-10-15(16)17-5/h6-8,10-11,13-14H,9H2,1-5H3. The minimum absolute atomic E-state index is 0.287. The Morgan fingerprint density at radius 2 is 1.94 bits per heavy atom. The van der Waals surface area contributed by atoms with Gasteiger partial charge in [-0.2, -0.15) is 0 Å². The molecule has 0 rings (SSSR count). The molecule has 0 saturated heterocycles. The highest BCUT2D eigenvalue weighted by Gasteiger charge is 2.08. The minimum atomic E-state index is -0.287. The van der Waals surface area contributed by atoms with Crippen molar-refractivity contribution >= 4 is 5.97 Å². The van der Waals surface area contributed by atoms with Crippen molar-refractivity contribution in [3.63, 3.8) is 0 Å². The Bertz CT molecular complexity index is 311. The zero-order valence-electron chi connectivity index (χ0n) is 11.6. The average Bonchev–Trinajstić information content (AvgIpc) is 2.28. The fourth-order valence-electron chi connectivity index (χ4n) is 1.56. The second kappa shape index (κ2) is 8.80. The smallest absolute Gasteiger partial charge is 0.330 e. The van der Waals surface area contributed by atoms with Crippen LogP contribution in [0.25, 0.3) is 0 Å².